The second-order valence-electron chi connectivity index (χ2n) is 12.5. The number of benzene rings is 3. The van der Waals surface area contributed by atoms with Gasteiger partial charge in [-0.1, -0.05) is 68.9 Å². The Morgan fingerprint density at radius 2 is 1.79 bits per heavy atom. The summed E-state index contributed by atoms with van der Waals surface area (Å²) in [5.74, 6) is 1.71. The number of aliphatic imine (C=N–C) groups is 1. The maximum Gasteiger partial charge on any atom is 0.573 e. The van der Waals surface area contributed by atoms with E-state index in [1.165, 1.54) is 46.4 Å². The molecule has 1 amide bonds. The minimum absolute atomic E-state index is 0.0864. The highest BCUT2D eigenvalue weighted by Crippen LogP contribution is 2.36. The summed E-state index contributed by atoms with van der Waals surface area (Å²) < 4.78 is 42.8. The molecule has 0 aliphatic carbocycles. The van der Waals surface area contributed by atoms with Gasteiger partial charge in [-0.2, -0.15) is 4.99 Å². The largest absolute Gasteiger partial charge is 0.573 e. The Hall–Kier alpha value is -4.12. The maximum atomic E-state index is 13.1. The van der Waals surface area contributed by atoms with E-state index >= 15 is 0 Å². The molecule has 11 heteroatoms. The molecule has 1 aliphatic heterocycles. The van der Waals surface area contributed by atoms with E-state index in [2.05, 4.69) is 77.5 Å². The van der Waals surface area contributed by atoms with E-state index in [9.17, 15) is 18.0 Å². The Labute approximate surface area is 278 Å². The molecule has 5 rings (SSSR count). The fourth-order valence-electron chi connectivity index (χ4n) is 5.63. The number of carbonyl (C=O) groups excluding carboxylic acids is 1. The summed E-state index contributed by atoms with van der Waals surface area (Å²) in [6, 6.07) is 20.2. The van der Waals surface area contributed by atoms with E-state index in [1.54, 1.807) is 11.8 Å². The van der Waals surface area contributed by atoms with Crippen molar-refractivity contribution >= 4 is 28.5 Å². The number of amides is 1. The number of ether oxygens (including phenoxy) is 1. The summed E-state index contributed by atoms with van der Waals surface area (Å²) in [7, 11) is 0. The zero-order chi connectivity index (χ0) is 33.7. The van der Waals surface area contributed by atoms with Crippen LogP contribution < -0.4 is 9.64 Å². The van der Waals surface area contributed by atoms with Gasteiger partial charge in [0.25, 0.3) is 0 Å². The van der Waals surface area contributed by atoms with Gasteiger partial charge in [0.1, 0.15) is 12.1 Å². The number of carbonyl (C=O) groups is 1. The molecule has 1 aliphatic rings. The first-order valence-corrected chi connectivity index (χ1v) is 16.9. The maximum absolute atomic E-state index is 13.1. The minimum Gasteiger partial charge on any atom is -0.406 e. The van der Waals surface area contributed by atoms with Crippen molar-refractivity contribution in [3.8, 4) is 22.8 Å². The normalized spacial score (nSPS) is 16.9. The third-order valence-electron chi connectivity index (χ3n) is 8.18. The van der Waals surface area contributed by atoms with Gasteiger partial charge in [0.2, 0.25) is 5.91 Å². The molecule has 2 unspecified atom stereocenters. The van der Waals surface area contributed by atoms with Gasteiger partial charge in [-0.3, -0.25) is 4.79 Å². The van der Waals surface area contributed by atoms with Crippen molar-refractivity contribution in [1.82, 2.24) is 14.8 Å². The van der Waals surface area contributed by atoms with Crippen LogP contribution in [-0.4, -0.2) is 44.0 Å². The molecule has 0 bridgehead atoms. The highest BCUT2D eigenvalue weighted by atomic mass is 32.2. The molecule has 2 atom stereocenters. The highest BCUT2D eigenvalue weighted by molar-refractivity contribution is 8.14. The molecule has 0 spiro atoms. The van der Waals surface area contributed by atoms with Gasteiger partial charge in [-0.25, -0.2) is 9.67 Å². The highest BCUT2D eigenvalue weighted by Gasteiger charge is 2.31. The monoisotopic (exact) mass is 663 g/mol. The molecule has 2 heterocycles. The lowest BCUT2D eigenvalue weighted by Gasteiger charge is -2.37. The number of halogens is 3. The third kappa shape index (κ3) is 9.03. The number of hydrogen-bond acceptors (Lipinski definition) is 5. The van der Waals surface area contributed by atoms with E-state index in [0.717, 1.165) is 47.0 Å². The van der Waals surface area contributed by atoms with E-state index < -0.39 is 6.36 Å². The number of aromatic nitrogens is 3. The number of hydrogen-bond donors (Lipinski definition) is 0. The van der Waals surface area contributed by atoms with Gasteiger partial charge in [0.15, 0.2) is 11.0 Å². The first-order chi connectivity index (χ1) is 22.4. The lowest BCUT2D eigenvalue weighted by Crippen LogP contribution is -2.42. The van der Waals surface area contributed by atoms with Crippen LogP contribution in [0.1, 0.15) is 69.6 Å². The molecule has 1 aromatic heterocycles. The van der Waals surface area contributed by atoms with Gasteiger partial charge < -0.3 is 9.64 Å². The summed E-state index contributed by atoms with van der Waals surface area (Å²) in [5.41, 5.74) is 6.13. The van der Waals surface area contributed by atoms with Crippen LogP contribution in [0, 0.1) is 12.8 Å². The van der Waals surface area contributed by atoms with Crippen molar-refractivity contribution in [2.45, 2.75) is 78.6 Å². The second kappa shape index (κ2) is 14.8. The van der Waals surface area contributed by atoms with Gasteiger partial charge in [-0.15, -0.1) is 18.3 Å². The van der Waals surface area contributed by atoms with Crippen molar-refractivity contribution < 1.29 is 22.7 Å². The Kier molecular flexibility index (Phi) is 10.7. The van der Waals surface area contributed by atoms with Crippen molar-refractivity contribution in [3.63, 3.8) is 0 Å². The summed E-state index contributed by atoms with van der Waals surface area (Å²) in [4.78, 5) is 24.4. The van der Waals surface area contributed by atoms with E-state index in [0.29, 0.717) is 23.9 Å². The summed E-state index contributed by atoms with van der Waals surface area (Å²) in [5, 5.41) is 5.28. The van der Waals surface area contributed by atoms with Crippen LogP contribution in [0.5, 0.6) is 5.75 Å². The van der Waals surface area contributed by atoms with Crippen LogP contribution in [0.3, 0.4) is 0 Å². The zero-order valence-electron chi connectivity index (χ0n) is 27.3. The molecule has 1 saturated heterocycles. The van der Waals surface area contributed by atoms with Crippen LogP contribution >= 0.6 is 11.8 Å². The molecule has 0 radical (unpaired) electrons. The number of nitrogens with zero attached hydrogens (tertiary/aromatic N) is 5. The third-order valence-corrected chi connectivity index (χ3v) is 9.16. The smallest absolute Gasteiger partial charge is 0.406 e. The summed E-state index contributed by atoms with van der Waals surface area (Å²) >= 11 is 1.66. The quantitative estimate of drug-likeness (QED) is 0.169. The summed E-state index contributed by atoms with van der Waals surface area (Å²) in [6.07, 6.45) is -0.250. The van der Waals surface area contributed by atoms with Crippen molar-refractivity contribution in [2.24, 2.45) is 10.9 Å². The number of thioether (sulfide) groups is 1. The van der Waals surface area contributed by atoms with Crippen molar-refractivity contribution in [3.05, 3.63) is 89.7 Å². The fourth-order valence-corrected chi connectivity index (χ4v) is 6.86. The van der Waals surface area contributed by atoms with E-state index in [-0.39, 0.29) is 23.6 Å². The Morgan fingerprint density at radius 1 is 1.06 bits per heavy atom. The lowest BCUT2D eigenvalue weighted by atomic mass is 9.96. The number of rotatable bonds is 10. The van der Waals surface area contributed by atoms with Crippen LogP contribution in [0.2, 0.25) is 0 Å². The Bertz CT molecular complexity index is 1700. The molecular formula is C36H40F3N5O2S. The number of anilines is 1. The Balaban J connectivity index is 1.17. The van der Waals surface area contributed by atoms with E-state index in [4.69, 9.17) is 0 Å². The van der Waals surface area contributed by atoms with Crippen LogP contribution in [-0.2, 0) is 11.2 Å². The molecule has 1 fully saturated rings. The molecule has 4 aromatic rings. The lowest BCUT2D eigenvalue weighted by molar-refractivity contribution is -0.274. The average Bonchev–Trinajstić information content (AvgIpc) is 3.50. The molecule has 7 nitrogen and oxygen atoms in total. The molecule has 0 saturated carbocycles. The number of alkyl halides is 3. The van der Waals surface area contributed by atoms with Gasteiger partial charge in [0.05, 0.1) is 5.69 Å². The van der Waals surface area contributed by atoms with Crippen molar-refractivity contribution in [2.75, 3.05) is 10.7 Å². The summed E-state index contributed by atoms with van der Waals surface area (Å²) in [6.45, 7) is 10.9. The van der Waals surface area contributed by atoms with Gasteiger partial charge >= 0.3 is 6.36 Å². The van der Waals surface area contributed by atoms with Crippen LogP contribution in [0.15, 0.2) is 78.0 Å². The second-order valence-corrected chi connectivity index (χ2v) is 13.5. The topological polar surface area (TPSA) is 72.6 Å². The zero-order valence-corrected chi connectivity index (χ0v) is 28.1. The molecular weight excluding hydrogens is 623 g/mol. The van der Waals surface area contributed by atoms with Crippen LogP contribution in [0.25, 0.3) is 17.1 Å². The van der Waals surface area contributed by atoms with Crippen LogP contribution in [0.4, 0.5) is 18.9 Å². The van der Waals surface area contributed by atoms with Gasteiger partial charge in [0, 0.05) is 29.5 Å². The minimum atomic E-state index is -4.74. The predicted octanol–water partition coefficient (Wildman–Crippen LogP) is 9.14. The number of amidine groups is 1. The SMILES string of the molecule is Cc1ccc(C(C)C)c(N2C(=NC(=O)CCC(C)Cc3ccc(-c4ncn(-c5ccc(OC(F)(F)F)cc5)n4)cc3)SCCC2C)c1. The molecule has 47 heavy (non-hydrogen) atoms. The standard InChI is InChI=1S/C36H40F3N5O2S/c1-23(2)31-16-6-25(4)21-32(31)44-26(5)18-19-47-35(44)41-33(45)17-7-24(3)20-27-8-10-28(11-9-27)34-40-22-43(42-34)29-12-14-30(15-13-29)46-36(37,38)39/h6,8-16,21-24,26H,7,17-20H2,1-5H3. The molecule has 0 N–H and O–H groups in total. The first kappa shape index (κ1) is 34.2. The average molecular weight is 664 g/mol. The molecule has 3 aromatic carbocycles. The van der Waals surface area contributed by atoms with Gasteiger partial charge in [-0.05, 0) is 92.0 Å². The van der Waals surface area contributed by atoms with E-state index in [1.807, 2.05) is 24.3 Å². The first-order valence-electron chi connectivity index (χ1n) is 15.9. The van der Waals surface area contributed by atoms with Crippen molar-refractivity contribution in [1.29, 1.82) is 0 Å². The Morgan fingerprint density at radius 3 is 2.47 bits per heavy atom. The molecule has 248 valence electrons. The predicted molar refractivity (Wildman–Crippen MR) is 182 cm³/mol. The number of aryl methyl sites for hydroxylation is 1. The fraction of sp³-hybridized carbons (Fsp3) is 0.389.